The average molecular weight is 398 g/mol. The molecule has 8 heteroatoms. The van der Waals surface area contributed by atoms with Gasteiger partial charge in [0.15, 0.2) is 10.9 Å². The summed E-state index contributed by atoms with van der Waals surface area (Å²) in [7, 11) is 1.89. The van der Waals surface area contributed by atoms with Gasteiger partial charge in [0.25, 0.3) is 0 Å². The first-order valence-electron chi connectivity index (χ1n) is 8.92. The second kappa shape index (κ2) is 7.79. The predicted octanol–water partition coefficient (Wildman–Crippen LogP) is 3.64. The largest absolute Gasteiger partial charge is 0.337 e. The number of nitriles is 1. The van der Waals surface area contributed by atoms with Gasteiger partial charge in [-0.25, -0.2) is 0 Å². The molecule has 1 aromatic heterocycles. The van der Waals surface area contributed by atoms with Gasteiger partial charge in [0.2, 0.25) is 0 Å². The Morgan fingerprint density at radius 2 is 2.15 bits per heavy atom. The SMILES string of the molecule is CN1/C(=C(\C#N)C(=O)CSc2nnc3n2CCCCC3)Sc2ccccc21. The summed E-state index contributed by atoms with van der Waals surface area (Å²) in [6, 6.07) is 10.0. The number of thioether (sulfide) groups is 2. The fourth-order valence-corrected chi connectivity index (χ4v) is 5.34. The zero-order valence-corrected chi connectivity index (χ0v) is 16.6. The summed E-state index contributed by atoms with van der Waals surface area (Å²) >= 11 is 2.85. The highest BCUT2D eigenvalue weighted by molar-refractivity contribution is 8.03. The fraction of sp³-hybridized carbons (Fsp3) is 0.368. The van der Waals surface area contributed by atoms with Crippen LogP contribution in [0.2, 0.25) is 0 Å². The molecule has 0 fully saturated rings. The fourth-order valence-electron chi connectivity index (χ4n) is 3.32. The smallest absolute Gasteiger partial charge is 0.191 e. The predicted molar refractivity (Wildman–Crippen MR) is 107 cm³/mol. The zero-order chi connectivity index (χ0) is 18.8. The van der Waals surface area contributed by atoms with Crippen LogP contribution in [0.4, 0.5) is 5.69 Å². The molecule has 0 atom stereocenters. The van der Waals surface area contributed by atoms with E-state index in [1.54, 1.807) is 0 Å². The Bertz CT molecular complexity index is 959. The molecule has 0 spiro atoms. The maximum atomic E-state index is 12.8. The van der Waals surface area contributed by atoms with E-state index in [9.17, 15) is 10.1 Å². The minimum Gasteiger partial charge on any atom is -0.337 e. The number of Topliss-reactive ketones (excluding diaryl/α,β-unsaturated/α-hetero) is 1. The summed E-state index contributed by atoms with van der Waals surface area (Å²) in [6.45, 7) is 0.902. The number of carbonyl (C=O) groups excluding carboxylic acids is 1. The number of nitrogens with zero attached hydrogens (tertiary/aromatic N) is 5. The minimum absolute atomic E-state index is 0.171. The Labute approximate surface area is 166 Å². The van der Waals surface area contributed by atoms with Gasteiger partial charge in [0, 0.05) is 24.9 Å². The van der Waals surface area contributed by atoms with Crippen LogP contribution >= 0.6 is 23.5 Å². The zero-order valence-electron chi connectivity index (χ0n) is 15.0. The van der Waals surface area contributed by atoms with Crippen LogP contribution in [0.15, 0.2) is 44.9 Å². The number of anilines is 1. The molecule has 0 saturated heterocycles. The highest BCUT2D eigenvalue weighted by atomic mass is 32.2. The summed E-state index contributed by atoms with van der Waals surface area (Å²) in [5.41, 5.74) is 1.23. The average Bonchev–Trinajstić information content (AvgIpc) is 3.12. The normalized spacial score (nSPS) is 17.7. The van der Waals surface area contributed by atoms with E-state index in [1.165, 1.54) is 29.9 Å². The lowest BCUT2D eigenvalue weighted by molar-refractivity contribution is -0.112. The van der Waals surface area contributed by atoms with E-state index in [-0.39, 0.29) is 17.1 Å². The van der Waals surface area contributed by atoms with Gasteiger partial charge in [-0.1, -0.05) is 42.1 Å². The van der Waals surface area contributed by atoms with E-state index >= 15 is 0 Å². The molecule has 2 aromatic rings. The molecular weight excluding hydrogens is 378 g/mol. The van der Waals surface area contributed by atoms with Crippen molar-refractivity contribution in [1.82, 2.24) is 14.8 Å². The van der Waals surface area contributed by atoms with Crippen molar-refractivity contribution in [3.63, 3.8) is 0 Å². The van der Waals surface area contributed by atoms with Gasteiger partial charge < -0.3 is 9.47 Å². The first kappa shape index (κ1) is 18.1. The van der Waals surface area contributed by atoms with Crippen LogP contribution in [0.25, 0.3) is 0 Å². The van der Waals surface area contributed by atoms with E-state index in [1.807, 2.05) is 36.2 Å². The number of fused-ring (bicyclic) bond motifs is 2. The maximum absolute atomic E-state index is 12.8. The van der Waals surface area contributed by atoms with E-state index in [2.05, 4.69) is 20.8 Å². The summed E-state index contributed by atoms with van der Waals surface area (Å²) in [5, 5.41) is 19.6. The summed E-state index contributed by atoms with van der Waals surface area (Å²) < 4.78 is 2.12. The number of carbonyl (C=O) groups is 1. The lowest BCUT2D eigenvalue weighted by Crippen LogP contribution is -2.16. The molecule has 6 nitrogen and oxygen atoms in total. The number of hydrogen-bond acceptors (Lipinski definition) is 7. The Kier molecular flexibility index (Phi) is 5.23. The molecule has 4 rings (SSSR count). The van der Waals surface area contributed by atoms with E-state index < -0.39 is 0 Å². The molecular formula is C19H19N5OS2. The standard InChI is InChI=1S/C19H19N5OS2/c1-23-14-7-4-5-8-16(14)27-18(23)13(11-20)15(25)12-26-19-22-21-17-9-3-2-6-10-24(17)19/h4-5,7-8H,2-3,6,9-10,12H2,1H3/b18-13-. The molecule has 2 aliphatic heterocycles. The Morgan fingerprint density at radius 3 is 2.96 bits per heavy atom. The Balaban J connectivity index is 1.51. The third kappa shape index (κ3) is 3.49. The van der Waals surface area contributed by atoms with Gasteiger partial charge in [0.1, 0.15) is 22.5 Å². The van der Waals surface area contributed by atoms with Crippen LogP contribution in [-0.4, -0.2) is 33.3 Å². The van der Waals surface area contributed by atoms with Crippen molar-refractivity contribution in [2.24, 2.45) is 0 Å². The van der Waals surface area contributed by atoms with Crippen molar-refractivity contribution in [2.75, 3.05) is 17.7 Å². The van der Waals surface area contributed by atoms with Crippen LogP contribution < -0.4 is 4.90 Å². The number of para-hydroxylation sites is 1. The van der Waals surface area contributed by atoms with Crippen molar-refractivity contribution in [3.05, 3.63) is 40.7 Å². The summed E-state index contributed by atoms with van der Waals surface area (Å²) in [6.07, 6.45) is 4.38. The van der Waals surface area contributed by atoms with Gasteiger partial charge in [-0.15, -0.1) is 10.2 Å². The Hall–Kier alpha value is -2.24. The number of hydrogen-bond donors (Lipinski definition) is 0. The van der Waals surface area contributed by atoms with Crippen LogP contribution in [0.1, 0.15) is 25.1 Å². The molecule has 27 heavy (non-hydrogen) atoms. The molecule has 1 aromatic carbocycles. The second-order valence-corrected chi connectivity index (χ2v) is 8.47. The summed E-state index contributed by atoms with van der Waals surface area (Å²) in [5.74, 6) is 1.02. The van der Waals surface area contributed by atoms with Gasteiger partial charge in [-0.2, -0.15) is 5.26 Å². The number of ketones is 1. The number of allylic oxidation sites excluding steroid dienone is 1. The van der Waals surface area contributed by atoms with Crippen molar-refractivity contribution in [1.29, 1.82) is 5.26 Å². The van der Waals surface area contributed by atoms with E-state index in [4.69, 9.17) is 0 Å². The molecule has 0 amide bonds. The third-order valence-electron chi connectivity index (χ3n) is 4.75. The van der Waals surface area contributed by atoms with Crippen LogP contribution in [0, 0.1) is 11.3 Å². The highest BCUT2D eigenvalue weighted by Crippen LogP contribution is 2.46. The highest BCUT2D eigenvalue weighted by Gasteiger charge is 2.28. The van der Waals surface area contributed by atoms with Gasteiger partial charge in [0.05, 0.1) is 11.4 Å². The number of benzene rings is 1. The summed E-state index contributed by atoms with van der Waals surface area (Å²) in [4.78, 5) is 15.8. The minimum atomic E-state index is -0.171. The first-order valence-corrected chi connectivity index (χ1v) is 10.7. The van der Waals surface area contributed by atoms with E-state index in [0.29, 0.717) is 5.03 Å². The van der Waals surface area contributed by atoms with Crippen LogP contribution in [0.5, 0.6) is 0 Å². The maximum Gasteiger partial charge on any atom is 0.191 e. The molecule has 2 aliphatic rings. The molecule has 0 N–H and O–H groups in total. The number of aryl methyl sites for hydroxylation is 1. The van der Waals surface area contributed by atoms with Crippen molar-refractivity contribution < 1.29 is 4.79 Å². The topological polar surface area (TPSA) is 74.8 Å². The van der Waals surface area contributed by atoms with Crippen molar-refractivity contribution in [3.8, 4) is 6.07 Å². The molecule has 3 heterocycles. The van der Waals surface area contributed by atoms with Gasteiger partial charge in [-0.05, 0) is 25.0 Å². The monoisotopic (exact) mass is 397 g/mol. The molecule has 0 saturated carbocycles. The van der Waals surface area contributed by atoms with Gasteiger partial charge >= 0.3 is 0 Å². The molecule has 138 valence electrons. The van der Waals surface area contributed by atoms with Crippen LogP contribution in [0.3, 0.4) is 0 Å². The molecule has 0 bridgehead atoms. The van der Waals surface area contributed by atoms with Crippen molar-refractivity contribution >= 4 is 35.0 Å². The first-order chi connectivity index (χ1) is 13.2. The van der Waals surface area contributed by atoms with E-state index in [0.717, 1.165) is 47.4 Å². The second-order valence-electron chi connectivity index (χ2n) is 6.49. The molecule has 0 radical (unpaired) electrons. The molecule has 0 unspecified atom stereocenters. The number of aromatic nitrogens is 3. The van der Waals surface area contributed by atoms with Crippen molar-refractivity contribution in [2.45, 2.75) is 42.3 Å². The van der Waals surface area contributed by atoms with Gasteiger partial charge in [-0.3, -0.25) is 4.79 Å². The Morgan fingerprint density at radius 1 is 1.30 bits per heavy atom. The molecule has 0 aliphatic carbocycles. The van der Waals surface area contributed by atoms with Crippen LogP contribution in [-0.2, 0) is 17.8 Å². The lowest BCUT2D eigenvalue weighted by atomic mass is 10.2. The third-order valence-corrected chi connectivity index (χ3v) is 6.95. The lowest BCUT2D eigenvalue weighted by Gasteiger charge is -2.14. The quantitative estimate of drug-likeness (QED) is 0.443. The number of rotatable bonds is 4.